The Labute approximate surface area is 174 Å². The predicted octanol–water partition coefficient (Wildman–Crippen LogP) is 3.71. The van der Waals surface area contributed by atoms with Crippen molar-refractivity contribution in [3.63, 3.8) is 0 Å². The van der Waals surface area contributed by atoms with Crippen LogP contribution in [-0.2, 0) is 22.5 Å². The third kappa shape index (κ3) is 5.12. The summed E-state index contributed by atoms with van der Waals surface area (Å²) in [5.74, 6) is 0.547. The molecule has 0 atom stereocenters. The smallest absolute Gasteiger partial charge is 0.264 e. The lowest BCUT2D eigenvalue weighted by Crippen LogP contribution is -2.35. The lowest BCUT2D eigenvalue weighted by molar-refractivity contribution is -0.118. The first-order valence-corrected chi connectivity index (χ1v) is 10.7. The molecule has 1 saturated heterocycles. The second kappa shape index (κ2) is 9.35. The number of amides is 1. The van der Waals surface area contributed by atoms with Crippen molar-refractivity contribution in [2.24, 2.45) is 0 Å². The largest absolute Gasteiger partial charge is 0.483 e. The molecule has 29 heavy (non-hydrogen) atoms. The maximum atomic E-state index is 12.3. The number of fused-ring (bicyclic) bond motifs is 1. The molecule has 0 unspecified atom stereocenters. The van der Waals surface area contributed by atoms with E-state index in [0.29, 0.717) is 5.13 Å². The van der Waals surface area contributed by atoms with E-state index in [9.17, 15) is 4.79 Å². The van der Waals surface area contributed by atoms with Gasteiger partial charge in [-0.25, -0.2) is 4.98 Å². The molecule has 1 aromatic heterocycles. The topological polar surface area (TPSA) is 63.7 Å². The van der Waals surface area contributed by atoms with Crippen molar-refractivity contribution < 1.29 is 14.3 Å². The minimum Gasteiger partial charge on any atom is -0.483 e. The van der Waals surface area contributed by atoms with Crippen LogP contribution in [0.25, 0.3) is 10.2 Å². The normalized spacial score (nSPS) is 14.8. The summed E-state index contributed by atoms with van der Waals surface area (Å²) in [7, 11) is 0. The van der Waals surface area contributed by atoms with Crippen LogP contribution in [0.15, 0.2) is 42.5 Å². The minimum absolute atomic E-state index is 0.0325. The van der Waals surface area contributed by atoms with Crippen LogP contribution in [0.5, 0.6) is 5.75 Å². The molecule has 1 aliphatic rings. The average Bonchev–Trinajstić information content (AvgIpc) is 3.14. The summed E-state index contributed by atoms with van der Waals surface area (Å²) < 4.78 is 12.2. The molecule has 0 saturated carbocycles. The second-order valence-electron chi connectivity index (χ2n) is 7.01. The number of para-hydroxylation sites is 1. The van der Waals surface area contributed by atoms with Gasteiger partial charge in [0, 0.05) is 19.6 Å². The molecule has 2 aromatic carbocycles. The SMILES string of the molecule is CCc1ccccc1OCC(=O)Nc1nc2ccc(CN3CCOCC3)cc2s1. The number of thiazole rings is 1. The zero-order chi connectivity index (χ0) is 20.1. The first-order valence-electron chi connectivity index (χ1n) is 9.91. The van der Waals surface area contributed by atoms with Crippen LogP contribution >= 0.6 is 11.3 Å². The highest BCUT2D eigenvalue weighted by Gasteiger charge is 2.13. The number of ether oxygens (including phenoxy) is 2. The summed E-state index contributed by atoms with van der Waals surface area (Å²) in [6.07, 6.45) is 0.864. The van der Waals surface area contributed by atoms with Crippen molar-refractivity contribution in [1.29, 1.82) is 0 Å². The molecular weight excluding hydrogens is 386 g/mol. The molecule has 1 N–H and O–H groups in total. The van der Waals surface area contributed by atoms with E-state index in [1.165, 1.54) is 16.9 Å². The number of hydrogen-bond donors (Lipinski definition) is 1. The average molecular weight is 412 g/mol. The number of anilines is 1. The van der Waals surface area contributed by atoms with Gasteiger partial charge in [-0.3, -0.25) is 15.0 Å². The Hall–Kier alpha value is -2.48. The van der Waals surface area contributed by atoms with Crippen molar-refractivity contribution in [3.05, 3.63) is 53.6 Å². The summed E-state index contributed by atoms with van der Waals surface area (Å²) in [5.41, 5.74) is 3.24. The Morgan fingerprint density at radius 2 is 2.07 bits per heavy atom. The molecule has 0 bridgehead atoms. The number of rotatable bonds is 7. The van der Waals surface area contributed by atoms with E-state index in [0.717, 1.165) is 60.8 Å². The minimum atomic E-state index is -0.205. The summed E-state index contributed by atoms with van der Waals surface area (Å²) in [5, 5.41) is 3.45. The Morgan fingerprint density at radius 1 is 1.24 bits per heavy atom. The van der Waals surface area contributed by atoms with E-state index in [1.54, 1.807) is 0 Å². The van der Waals surface area contributed by atoms with Crippen LogP contribution < -0.4 is 10.1 Å². The summed E-state index contributed by atoms with van der Waals surface area (Å²) in [6, 6.07) is 14.1. The first kappa shape index (κ1) is 19.8. The quantitative estimate of drug-likeness (QED) is 0.642. The first-order chi connectivity index (χ1) is 14.2. The number of benzene rings is 2. The van der Waals surface area contributed by atoms with Crippen LogP contribution in [0.1, 0.15) is 18.1 Å². The van der Waals surface area contributed by atoms with Crippen LogP contribution in [0.4, 0.5) is 5.13 Å². The van der Waals surface area contributed by atoms with Crippen LogP contribution in [0, 0.1) is 0 Å². The molecule has 7 heteroatoms. The number of aromatic nitrogens is 1. The number of hydrogen-bond acceptors (Lipinski definition) is 6. The third-order valence-corrected chi connectivity index (χ3v) is 5.85. The Kier molecular flexibility index (Phi) is 6.39. The molecule has 152 valence electrons. The van der Waals surface area contributed by atoms with Gasteiger partial charge < -0.3 is 9.47 Å². The van der Waals surface area contributed by atoms with Gasteiger partial charge in [0.15, 0.2) is 11.7 Å². The Bertz CT molecular complexity index is 982. The second-order valence-corrected chi connectivity index (χ2v) is 8.04. The highest BCUT2D eigenvalue weighted by Crippen LogP contribution is 2.27. The number of morpholine rings is 1. The number of carbonyl (C=O) groups is 1. The van der Waals surface area contributed by atoms with E-state index >= 15 is 0 Å². The van der Waals surface area contributed by atoms with Gasteiger partial charge in [0.25, 0.3) is 5.91 Å². The fourth-order valence-electron chi connectivity index (χ4n) is 3.37. The van der Waals surface area contributed by atoms with E-state index < -0.39 is 0 Å². The molecule has 2 heterocycles. The number of carbonyl (C=O) groups excluding carboxylic acids is 1. The van der Waals surface area contributed by atoms with E-state index in [4.69, 9.17) is 9.47 Å². The molecule has 1 amide bonds. The van der Waals surface area contributed by atoms with Crippen molar-refractivity contribution in [2.75, 3.05) is 38.2 Å². The van der Waals surface area contributed by atoms with Crippen molar-refractivity contribution in [3.8, 4) is 5.75 Å². The van der Waals surface area contributed by atoms with Crippen molar-refractivity contribution >= 4 is 32.6 Å². The van der Waals surface area contributed by atoms with Gasteiger partial charge in [0.2, 0.25) is 0 Å². The van der Waals surface area contributed by atoms with Gasteiger partial charge in [-0.15, -0.1) is 0 Å². The number of nitrogens with one attached hydrogen (secondary N) is 1. The molecule has 6 nitrogen and oxygen atoms in total. The van der Waals surface area contributed by atoms with E-state index in [-0.39, 0.29) is 12.5 Å². The van der Waals surface area contributed by atoms with Gasteiger partial charge in [-0.05, 0) is 35.7 Å². The van der Waals surface area contributed by atoms with Crippen molar-refractivity contribution in [1.82, 2.24) is 9.88 Å². The molecule has 1 fully saturated rings. The van der Waals surface area contributed by atoms with E-state index in [1.807, 2.05) is 30.3 Å². The standard InChI is InChI=1S/C22H25N3O3S/c1-2-17-5-3-4-6-19(17)28-15-21(26)24-22-23-18-8-7-16(13-20(18)29-22)14-25-9-11-27-12-10-25/h3-8,13H,2,9-12,14-15H2,1H3,(H,23,24,26). The molecular formula is C22H25N3O3S. The Balaban J connectivity index is 1.36. The van der Waals surface area contributed by atoms with Crippen LogP contribution in [-0.4, -0.2) is 48.7 Å². The summed E-state index contributed by atoms with van der Waals surface area (Å²) in [4.78, 5) is 19.2. The molecule has 3 aromatic rings. The van der Waals surface area contributed by atoms with Gasteiger partial charge in [0.05, 0.1) is 23.4 Å². The third-order valence-electron chi connectivity index (χ3n) is 4.92. The number of aryl methyl sites for hydroxylation is 1. The monoisotopic (exact) mass is 411 g/mol. The Morgan fingerprint density at radius 3 is 2.90 bits per heavy atom. The fraction of sp³-hybridized carbons (Fsp3) is 0.364. The van der Waals surface area contributed by atoms with Gasteiger partial charge >= 0.3 is 0 Å². The van der Waals surface area contributed by atoms with Gasteiger partial charge in [-0.1, -0.05) is 42.5 Å². The van der Waals surface area contributed by atoms with Gasteiger partial charge in [0.1, 0.15) is 5.75 Å². The highest BCUT2D eigenvalue weighted by atomic mass is 32.1. The molecule has 0 spiro atoms. The zero-order valence-corrected chi connectivity index (χ0v) is 17.3. The molecule has 4 rings (SSSR count). The van der Waals surface area contributed by atoms with E-state index in [2.05, 4.69) is 34.3 Å². The van der Waals surface area contributed by atoms with Crippen LogP contribution in [0.3, 0.4) is 0 Å². The zero-order valence-electron chi connectivity index (χ0n) is 16.5. The fourth-order valence-corrected chi connectivity index (χ4v) is 4.32. The molecule has 1 aliphatic heterocycles. The van der Waals surface area contributed by atoms with Crippen LogP contribution in [0.2, 0.25) is 0 Å². The summed E-state index contributed by atoms with van der Waals surface area (Å²) >= 11 is 1.49. The highest BCUT2D eigenvalue weighted by molar-refractivity contribution is 7.22. The molecule has 0 radical (unpaired) electrons. The van der Waals surface area contributed by atoms with Gasteiger partial charge in [-0.2, -0.15) is 0 Å². The lowest BCUT2D eigenvalue weighted by Gasteiger charge is -2.26. The lowest BCUT2D eigenvalue weighted by atomic mass is 10.1. The summed E-state index contributed by atoms with van der Waals surface area (Å²) in [6.45, 7) is 6.45. The van der Waals surface area contributed by atoms with Crippen molar-refractivity contribution in [2.45, 2.75) is 19.9 Å². The maximum absolute atomic E-state index is 12.3. The maximum Gasteiger partial charge on any atom is 0.264 e. The number of nitrogens with zero attached hydrogens (tertiary/aromatic N) is 2. The predicted molar refractivity (Wildman–Crippen MR) is 116 cm³/mol. The molecule has 0 aliphatic carbocycles.